The van der Waals surface area contributed by atoms with Gasteiger partial charge in [0.15, 0.2) is 0 Å². The summed E-state index contributed by atoms with van der Waals surface area (Å²) in [5, 5.41) is 3.03. The molecule has 0 bridgehead atoms. The molecule has 1 atom stereocenters. The van der Waals surface area contributed by atoms with Crippen molar-refractivity contribution in [1.29, 1.82) is 0 Å². The van der Waals surface area contributed by atoms with Gasteiger partial charge in [0.05, 0.1) is 12.1 Å². The molecule has 0 aliphatic rings. The zero-order valence-electron chi connectivity index (χ0n) is 10.9. The Morgan fingerprint density at radius 3 is 2.71 bits per heavy atom. The van der Waals surface area contributed by atoms with Crippen LogP contribution in [-0.2, 0) is 0 Å². The first-order chi connectivity index (χ1) is 9.69. The van der Waals surface area contributed by atoms with E-state index in [0.29, 0.717) is 5.39 Å². The predicted octanol–water partition coefficient (Wildman–Crippen LogP) is 4.32. The summed E-state index contributed by atoms with van der Waals surface area (Å²) >= 11 is 4.50. The molecule has 1 aromatic heterocycles. The number of rotatable bonds is 3. The van der Waals surface area contributed by atoms with E-state index in [1.165, 1.54) is 6.92 Å². The third-order valence-electron chi connectivity index (χ3n) is 2.82. The average Bonchev–Trinajstić information content (AvgIpc) is 2.65. The van der Waals surface area contributed by atoms with E-state index >= 15 is 0 Å². The van der Waals surface area contributed by atoms with Crippen LogP contribution in [0, 0.1) is 0 Å². The van der Waals surface area contributed by atoms with Gasteiger partial charge in [-0.3, -0.25) is 4.79 Å². The Labute approximate surface area is 131 Å². The minimum atomic E-state index is -4.32. The fraction of sp³-hybridized carbons (Fsp3) is 0.308. The van der Waals surface area contributed by atoms with E-state index in [2.05, 4.69) is 21.2 Å². The molecular formula is C13H12BrF3N2OS. The number of carbonyl (C=O) groups is 1. The number of nitrogens with two attached hydrogens (primary N) is 1. The van der Waals surface area contributed by atoms with Crippen LogP contribution in [-0.4, -0.2) is 18.1 Å². The summed E-state index contributed by atoms with van der Waals surface area (Å²) in [6.07, 6.45) is -5.39. The van der Waals surface area contributed by atoms with Crippen molar-refractivity contribution in [3.63, 3.8) is 0 Å². The Kier molecular flexibility index (Phi) is 4.48. The van der Waals surface area contributed by atoms with Crippen molar-refractivity contribution < 1.29 is 18.0 Å². The zero-order valence-corrected chi connectivity index (χ0v) is 13.3. The first-order valence-corrected chi connectivity index (χ1v) is 7.64. The second-order valence-corrected chi connectivity index (χ2v) is 6.56. The molecule has 0 saturated carbocycles. The van der Waals surface area contributed by atoms with Gasteiger partial charge in [-0.1, -0.05) is 22.0 Å². The number of benzene rings is 1. The van der Waals surface area contributed by atoms with Gasteiger partial charge in [0.1, 0.15) is 4.88 Å². The van der Waals surface area contributed by atoms with Gasteiger partial charge in [-0.05, 0) is 19.1 Å². The summed E-state index contributed by atoms with van der Waals surface area (Å²) in [7, 11) is 0. The monoisotopic (exact) mass is 380 g/mol. The van der Waals surface area contributed by atoms with Crippen molar-refractivity contribution in [2.45, 2.75) is 25.6 Å². The SMILES string of the molecule is CC(CC(F)(F)F)NC(=O)c1sc2cccc(Br)c2c1N. The summed E-state index contributed by atoms with van der Waals surface area (Å²) in [4.78, 5) is 12.3. The van der Waals surface area contributed by atoms with Crippen LogP contribution in [0.25, 0.3) is 10.1 Å². The number of amides is 1. The number of halogens is 4. The van der Waals surface area contributed by atoms with E-state index in [1.807, 2.05) is 0 Å². The zero-order chi connectivity index (χ0) is 15.8. The van der Waals surface area contributed by atoms with Crippen molar-refractivity contribution in [3.05, 3.63) is 27.5 Å². The summed E-state index contributed by atoms with van der Waals surface area (Å²) in [6.45, 7) is 1.31. The summed E-state index contributed by atoms with van der Waals surface area (Å²) in [5.74, 6) is -0.586. The molecule has 3 nitrogen and oxygen atoms in total. The Morgan fingerprint density at radius 2 is 2.14 bits per heavy atom. The van der Waals surface area contributed by atoms with Crippen molar-refractivity contribution in [2.75, 3.05) is 5.73 Å². The maximum atomic E-state index is 12.3. The lowest BCUT2D eigenvalue weighted by atomic mass is 10.2. The second-order valence-electron chi connectivity index (χ2n) is 4.65. The minimum Gasteiger partial charge on any atom is -0.397 e. The molecule has 1 aromatic carbocycles. The smallest absolute Gasteiger partial charge is 0.391 e. The van der Waals surface area contributed by atoms with Gasteiger partial charge < -0.3 is 11.1 Å². The van der Waals surface area contributed by atoms with Crippen LogP contribution in [0.3, 0.4) is 0 Å². The molecule has 0 radical (unpaired) electrons. The third kappa shape index (κ3) is 3.68. The average molecular weight is 381 g/mol. The van der Waals surface area contributed by atoms with E-state index in [0.717, 1.165) is 20.5 Å². The number of anilines is 1. The fourth-order valence-electron chi connectivity index (χ4n) is 1.99. The number of hydrogen-bond acceptors (Lipinski definition) is 3. The maximum absolute atomic E-state index is 12.3. The molecule has 0 aliphatic carbocycles. The number of hydrogen-bond donors (Lipinski definition) is 2. The lowest BCUT2D eigenvalue weighted by Crippen LogP contribution is -2.35. The molecule has 0 spiro atoms. The minimum absolute atomic E-state index is 0.228. The summed E-state index contributed by atoms with van der Waals surface area (Å²) < 4.78 is 38.4. The summed E-state index contributed by atoms with van der Waals surface area (Å²) in [5.41, 5.74) is 6.22. The Bertz CT molecular complexity index is 684. The van der Waals surface area contributed by atoms with Gasteiger partial charge >= 0.3 is 6.18 Å². The van der Waals surface area contributed by atoms with Crippen molar-refractivity contribution in [1.82, 2.24) is 5.32 Å². The number of thiophene rings is 1. The highest BCUT2D eigenvalue weighted by Gasteiger charge is 2.31. The number of nitrogen functional groups attached to an aromatic ring is 1. The maximum Gasteiger partial charge on any atom is 0.391 e. The standard InChI is InChI=1S/C13H12BrF3N2OS/c1-6(5-13(15,16)17)19-12(20)11-10(18)9-7(14)3-2-4-8(9)21-11/h2-4,6H,5,18H2,1H3,(H,19,20). The molecule has 0 saturated heterocycles. The van der Waals surface area contributed by atoms with Gasteiger partial charge in [-0.25, -0.2) is 0 Å². The highest BCUT2D eigenvalue weighted by atomic mass is 79.9. The molecule has 1 unspecified atom stereocenters. The van der Waals surface area contributed by atoms with E-state index in [4.69, 9.17) is 5.73 Å². The van der Waals surface area contributed by atoms with Crippen LogP contribution >= 0.6 is 27.3 Å². The first kappa shape index (κ1) is 16.1. The van der Waals surface area contributed by atoms with Crippen LogP contribution in [0.5, 0.6) is 0 Å². The van der Waals surface area contributed by atoms with E-state index in [9.17, 15) is 18.0 Å². The highest BCUT2D eigenvalue weighted by Crippen LogP contribution is 2.38. The molecule has 8 heteroatoms. The largest absolute Gasteiger partial charge is 0.397 e. The molecule has 1 heterocycles. The van der Waals surface area contributed by atoms with Crippen LogP contribution in [0.15, 0.2) is 22.7 Å². The van der Waals surface area contributed by atoms with Gasteiger partial charge in [-0.15, -0.1) is 11.3 Å². The number of alkyl halides is 3. The van der Waals surface area contributed by atoms with Crippen LogP contribution in [0.1, 0.15) is 23.0 Å². The van der Waals surface area contributed by atoms with Gasteiger partial charge in [0.2, 0.25) is 0 Å². The van der Waals surface area contributed by atoms with Crippen LogP contribution < -0.4 is 11.1 Å². The molecule has 2 aromatic rings. The topological polar surface area (TPSA) is 55.1 Å². The first-order valence-electron chi connectivity index (χ1n) is 6.03. The van der Waals surface area contributed by atoms with E-state index in [-0.39, 0.29) is 10.6 Å². The van der Waals surface area contributed by atoms with Crippen LogP contribution in [0.4, 0.5) is 18.9 Å². The van der Waals surface area contributed by atoms with Crippen LogP contribution in [0.2, 0.25) is 0 Å². The number of carbonyl (C=O) groups excluding carboxylic acids is 1. The quantitative estimate of drug-likeness (QED) is 0.832. The summed E-state index contributed by atoms with van der Waals surface area (Å²) in [6, 6.07) is 4.39. The molecule has 2 rings (SSSR count). The van der Waals surface area contributed by atoms with E-state index in [1.54, 1.807) is 18.2 Å². The molecule has 1 amide bonds. The lowest BCUT2D eigenvalue weighted by Gasteiger charge is -2.15. The Hall–Kier alpha value is -1.28. The predicted molar refractivity (Wildman–Crippen MR) is 81.5 cm³/mol. The van der Waals surface area contributed by atoms with Crippen molar-refractivity contribution >= 4 is 48.9 Å². The molecule has 114 valence electrons. The molecule has 0 aliphatic heterocycles. The third-order valence-corrected chi connectivity index (χ3v) is 4.65. The van der Waals surface area contributed by atoms with Gasteiger partial charge in [0, 0.05) is 20.6 Å². The lowest BCUT2D eigenvalue weighted by molar-refractivity contribution is -0.138. The number of nitrogens with one attached hydrogen (secondary N) is 1. The van der Waals surface area contributed by atoms with Gasteiger partial charge in [-0.2, -0.15) is 13.2 Å². The normalized spacial score (nSPS) is 13.4. The second kappa shape index (κ2) is 5.84. The van der Waals surface area contributed by atoms with Crippen molar-refractivity contribution in [2.24, 2.45) is 0 Å². The Balaban J connectivity index is 2.24. The molecule has 3 N–H and O–H groups in total. The highest BCUT2D eigenvalue weighted by molar-refractivity contribution is 9.10. The van der Waals surface area contributed by atoms with Crippen molar-refractivity contribution in [3.8, 4) is 0 Å². The molecule has 0 fully saturated rings. The fourth-order valence-corrected chi connectivity index (χ4v) is 3.75. The Morgan fingerprint density at radius 1 is 1.48 bits per heavy atom. The molecular weight excluding hydrogens is 369 g/mol. The van der Waals surface area contributed by atoms with E-state index < -0.39 is 24.5 Å². The van der Waals surface area contributed by atoms with Gasteiger partial charge in [0.25, 0.3) is 5.91 Å². The molecule has 21 heavy (non-hydrogen) atoms. The number of fused-ring (bicyclic) bond motifs is 1.